The van der Waals surface area contributed by atoms with Crippen molar-refractivity contribution < 1.29 is 9.47 Å². The Hall–Kier alpha value is -3.30. The number of benzene rings is 1. The van der Waals surface area contributed by atoms with Crippen molar-refractivity contribution in [2.45, 2.75) is 6.92 Å². The first-order valence-corrected chi connectivity index (χ1v) is 8.45. The molecule has 2 aromatic heterocycles. The Morgan fingerprint density at radius 3 is 2.85 bits per heavy atom. The summed E-state index contributed by atoms with van der Waals surface area (Å²) in [6.45, 7) is 1.83. The highest BCUT2D eigenvalue weighted by Gasteiger charge is 2.08. The maximum Gasteiger partial charge on any atom is 0.258 e. The van der Waals surface area contributed by atoms with Crippen molar-refractivity contribution >= 4 is 28.4 Å². The Morgan fingerprint density at radius 2 is 2.11 bits per heavy atom. The fourth-order valence-electron chi connectivity index (χ4n) is 2.55. The molecule has 2 heterocycles. The highest BCUT2D eigenvalue weighted by atomic mass is 35.5. The van der Waals surface area contributed by atoms with Gasteiger partial charge < -0.3 is 9.47 Å². The van der Waals surface area contributed by atoms with E-state index in [1.165, 1.54) is 17.6 Å². The van der Waals surface area contributed by atoms with E-state index in [0.717, 1.165) is 11.1 Å². The SMILES string of the molecule is COc1cc(/C=C(\Cl)c2cc(=O)n3cc(C)ccc3n2)ccc1OCC#N. The molecule has 0 amide bonds. The van der Waals surface area contributed by atoms with Gasteiger partial charge >= 0.3 is 0 Å². The molecule has 0 saturated heterocycles. The van der Waals surface area contributed by atoms with E-state index < -0.39 is 0 Å². The Labute approximate surface area is 160 Å². The molecule has 6 nitrogen and oxygen atoms in total. The molecular weight excluding hydrogens is 366 g/mol. The minimum atomic E-state index is -0.205. The van der Waals surface area contributed by atoms with Gasteiger partial charge in [-0.05, 0) is 42.3 Å². The van der Waals surface area contributed by atoms with Crippen LogP contribution in [0.25, 0.3) is 16.8 Å². The largest absolute Gasteiger partial charge is 0.493 e. The third-order valence-corrected chi connectivity index (χ3v) is 4.13. The van der Waals surface area contributed by atoms with Crippen LogP contribution in [0.15, 0.2) is 47.4 Å². The van der Waals surface area contributed by atoms with Gasteiger partial charge in [0.25, 0.3) is 5.56 Å². The van der Waals surface area contributed by atoms with Crippen molar-refractivity contribution in [1.82, 2.24) is 9.38 Å². The number of hydrogen-bond acceptors (Lipinski definition) is 5. The first-order valence-electron chi connectivity index (χ1n) is 8.07. The molecule has 0 atom stereocenters. The zero-order valence-electron chi connectivity index (χ0n) is 14.8. The molecule has 27 heavy (non-hydrogen) atoms. The maximum absolute atomic E-state index is 12.3. The fraction of sp³-hybridized carbons (Fsp3) is 0.150. The lowest BCUT2D eigenvalue weighted by Gasteiger charge is -2.09. The quantitative estimate of drug-likeness (QED) is 0.674. The first-order chi connectivity index (χ1) is 13.0. The number of methoxy groups -OCH3 is 1. The maximum atomic E-state index is 12.3. The fourth-order valence-corrected chi connectivity index (χ4v) is 2.78. The van der Waals surface area contributed by atoms with Gasteiger partial charge in [0.2, 0.25) is 0 Å². The van der Waals surface area contributed by atoms with Crippen molar-refractivity contribution in [3.05, 3.63) is 69.8 Å². The van der Waals surface area contributed by atoms with Crippen LogP contribution in [-0.2, 0) is 0 Å². The number of halogens is 1. The van der Waals surface area contributed by atoms with Crippen LogP contribution in [0, 0.1) is 18.3 Å². The average molecular weight is 382 g/mol. The predicted molar refractivity (Wildman–Crippen MR) is 104 cm³/mol. The third kappa shape index (κ3) is 4.10. The normalized spacial score (nSPS) is 11.3. The minimum absolute atomic E-state index is 0.0727. The Balaban J connectivity index is 1.98. The Kier molecular flexibility index (Phi) is 5.43. The van der Waals surface area contributed by atoms with Gasteiger partial charge in [-0.25, -0.2) is 4.98 Å². The molecular formula is C20H16ClN3O3. The van der Waals surface area contributed by atoms with E-state index in [1.54, 1.807) is 36.5 Å². The van der Waals surface area contributed by atoms with Gasteiger partial charge in [-0.1, -0.05) is 23.7 Å². The summed E-state index contributed by atoms with van der Waals surface area (Å²) in [5.74, 6) is 0.940. The zero-order valence-corrected chi connectivity index (χ0v) is 15.5. The van der Waals surface area contributed by atoms with E-state index in [1.807, 2.05) is 19.1 Å². The molecule has 3 aromatic rings. The summed E-state index contributed by atoms with van der Waals surface area (Å²) >= 11 is 6.40. The predicted octanol–water partition coefficient (Wildman–Crippen LogP) is 3.65. The summed E-state index contributed by atoms with van der Waals surface area (Å²) in [6.07, 6.45) is 3.42. The lowest BCUT2D eigenvalue weighted by Crippen LogP contribution is -2.15. The standard InChI is InChI=1S/C20H16ClN3O3/c1-13-3-6-19-23-16(11-20(25)24(19)12-13)15(21)9-14-4-5-17(27-8-7-22)18(10-14)26-2/h3-6,9-12H,8H2,1-2H3/b15-9-. The molecule has 7 heteroatoms. The van der Waals surface area contributed by atoms with E-state index in [2.05, 4.69) is 4.98 Å². The smallest absolute Gasteiger partial charge is 0.258 e. The second-order valence-electron chi connectivity index (χ2n) is 5.76. The van der Waals surface area contributed by atoms with Crippen LogP contribution in [0.2, 0.25) is 0 Å². The monoisotopic (exact) mass is 381 g/mol. The van der Waals surface area contributed by atoms with Crippen LogP contribution in [0.3, 0.4) is 0 Å². The van der Waals surface area contributed by atoms with E-state index in [4.69, 9.17) is 26.3 Å². The van der Waals surface area contributed by atoms with Gasteiger partial charge in [0, 0.05) is 12.3 Å². The molecule has 136 valence electrons. The number of nitriles is 1. The van der Waals surface area contributed by atoms with Crippen LogP contribution in [-0.4, -0.2) is 23.1 Å². The summed E-state index contributed by atoms with van der Waals surface area (Å²) in [4.78, 5) is 16.8. The van der Waals surface area contributed by atoms with Crippen LogP contribution in [0.5, 0.6) is 11.5 Å². The number of hydrogen-bond donors (Lipinski definition) is 0. The van der Waals surface area contributed by atoms with Crippen molar-refractivity contribution in [3.63, 3.8) is 0 Å². The van der Waals surface area contributed by atoms with Crippen molar-refractivity contribution in [2.24, 2.45) is 0 Å². The lowest BCUT2D eigenvalue weighted by molar-refractivity contribution is 0.329. The van der Waals surface area contributed by atoms with Gasteiger partial charge in [0.15, 0.2) is 18.1 Å². The van der Waals surface area contributed by atoms with Gasteiger partial charge in [0.1, 0.15) is 11.7 Å². The van der Waals surface area contributed by atoms with E-state index in [0.29, 0.717) is 27.9 Å². The number of aryl methyl sites for hydroxylation is 1. The second-order valence-corrected chi connectivity index (χ2v) is 6.17. The van der Waals surface area contributed by atoms with Crippen molar-refractivity contribution in [1.29, 1.82) is 5.26 Å². The second kappa shape index (κ2) is 7.94. The molecule has 0 radical (unpaired) electrons. The highest BCUT2D eigenvalue weighted by Crippen LogP contribution is 2.30. The number of nitrogens with zero attached hydrogens (tertiary/aromatic N) is 3. The van der Waals surface area contributed by atoms with Crippen LogP contribution >= 0.6 is 11.6 Å². The Bertz CT molecular complexity index is 1130. The number of rotatable bonds is 5. The molecule has 1 aromatic carbocycles. The summed E-state index contributed by atoms with van der Waals surface area (Å²) in [5.41, 5.74) is 2.41. The molecule has 0 saturated carbocycles. The molecule has 0 fully saturated rings. The van der Waals surface area contributed by atoms with Crippen LogP contribution < -0.4 is 15.0 Å². The van der Waals surface area contributed by atoms with E-state index in [-0.39, 0.29) is 12.2 Å². The van der Waals surface area contributed by atoms with Crippen molar-refractivity contribution in [3.8, 4) is 17.6 Å². The summed E-state index contributed by atoms with van der Waals surface area (Å²) < 4.78 is 12.1. The van der Waals surface area contributed by atoms with Gasteiger partial charge in [-0.3, -0.25) is 9.20 Å². The van der Waals surface area contributed by atoms with Crippen LogP contribution in [0.4, 0.5) is 0 Å². The molecule has 3 rings (SSSR count). The highest BCUT2D eigenvalue weighted by molar-refractivity contribution is 6.51. The molecule has 0 aliphatic heterocycles. The molecule has 0 aliphatic rings. The summed E-state index contributed by atoms with van der Waals surface area (Å²) in [5, 5.41) is 8.95. The number of fused-ring (bicyclic) bond motifs is 1. The first kappa shape index (κ1) is 18.5. The summed E-state index contributed by atoms with van der Waals surface area (Å²) in [7, 11) is 1.51. The van der Waals surface area contributed by atoms with Crippen LogP contribution in [0.1, 0.15) is 16.8 Å². The molecule has 0 spiro atoms. The van der Waals surface area contributed by atoms with Gasteiger partial charge in [0.05, 0.1) is 17.8 Å². The van der Waals surface area contributed by atoms with Gasteiger partial charge in [-0.2, -0.15) is 5.26 Å². The topological polar surface area (TPSA) is 76.6 Å². The van der Waals surface area contributed by atoms with E-state index in [9.17, 15) is 4.79 Å². The zero-order chi connectivity index (χ0) is 19.4. The summed E-state index contributed by atoms with van der Waals surface area (Å²) in [6, 6.07) is 12.2. The minimum Gasteiger partial charge on any atom is -0.493 e. The molecule has 0 aliphatic carbocycles. The molecule has 0 N–H and O–H groups in total. The number of aromatic nitrogens is 2. The van der Waals surface area contributed by atoms with E-state index >= 15 is 0 Å². The third-order valence-electron chi connectivity index (χ3n) is 3.83. The Morgan fingerprint density at radius 1 is 1.30 bits per heavy atom. The van der Waals surface area contributed by atoms with Crippen molar-refractivity contribution in [2.75, 3.05) is 13.7 Å². The average Bonchev–Trinajstić information content (AvgIpc) is 2.67. The molecule has 0 bridgehead atoms. The lowest BCUT2D eigenvalue weighted by atomic mass is 10.1. The number of ether oxygens (including phenoxy) is 2. The molecule has 0 unspecified atom stereocenters. The number of pyridine rings is 1. The van der Waals surface area contributed by atoms with Gasteiger partial charge in [-0.15, -0.1) is 0 Å².